The van der Waals surface area contributed by atoms with Crippen molar-refractivity contribution in [2.24, 2.45) is 11.8 Å². The van der Waals surface area contributed by atoms with Gasteiger partial charge in [-0.25, -0.2) is 8.42 Å². The summed E-state index contributed by atoms with van der Waals surface area (Å²) in [5.74, 6) is 0.891. The van der Waals surface area contributed by atoms with Crippen LogP contribution in [0, 0.1) is 11.8 Å². The number of piperidine rings is 1. The molecule has 3 rings (SSSR count). The van der Waals surface area contributed by atoms with E-state index in [1.165, 1.54) is 4.31 Å². The van der Waals surface area contributed by atoms with Crippen LogP contribution in [0.1, 0.15) is 44.7 Å². The van der Waals surface area contributed by atoms with E-state index in [2.05, 4.69) is 19.2 Å². The maximum absolute atomic E-state index is 13.0. The summed E-state index contributed by atoms with van der Waals surface area (Å²) >= 11 is 0. The molecule has 1 amide bonds. The van der Waals surface area contributed by atoms with Crippen LogP contribution >= 0.6 is 0 Å². The second-order valence-electron chi connectivity index (χ2n) is 8.46. The quantitative estimate of drug-likeness (QED) is 0.668. The predicted molar refractivity (Wildman–Crippen MR) is 121 cm³/mol. The summed E-state index contributed by atoms with van der Waals surface area (Å²) in [6.45, 7) is 4.97. The van der Waals surface area contributed by atoms with Gasteiger partial charge in [-0.15, -0.1) is 0 Å². The fraction of sp³-hybridized carbons (Fsp3) is 0.458. The van der Waals surface area contributed by atoms with E-state index in [0.29, 0.717) is 37.6 Å². The van der Waals surface area contributed by atoms with Gasteiger partial charge in [-0.05, 0) is 55.0 Å². The van der Waals surface area contributed by atoms with Crippen molar-refractivity contribution in [3.63, 3.8) is 0 Å². The normalized spacial score (nSPS) is 16.8. The van der Waals surface area contributed by atoms with Crippen molar-refractivity contribution in [3.05, 3.63) is 60.2 Å². The molecule has 0 bridgehead atoms. The summed E-state index contributed by atoms with van der Waals surface area (Å²) in [6.07, 6.45) is 1.90. The van der Waals surface area contributed by atoms with Crippen LogP contribution in [0.3, 0.4) is 0 Å². The first-order valence-electron chi connectivity index (χ1n) is 10.8. The highest BCUT2D eigenvalue weighted by atomic mass is 32.2. The topological polar surface area (TPSA) is 75.7 Å². The molecule has 1 fully saturated rings. The van der Waals surface area contributed by atoms with Crippen molar-refractivity contribution in [1.29, 1.82) is 0 Å². The summed E-state index contributed by atoms with van der Waals surface area (Å²) in [4.78, 5) is 13.2. The number of nitrogens with one attached hydrogen (secondary N) is 1. The number of hydrogen-bond acceptors (Lipinski definition) is 4. The molecular formula is C24H32N2O4S. The second-order valence-corrected chi connectivity index (χ2v) is 10.4. The Hall–Kier alpha value is -2.38. The van der Waals surface area contributed by atoms with Crippen LogP contribution < -0.4 is 10.1 Å². The zero-order valence-corrected chi connectivity index (χ0v) is 19.3. The molecule has 2 aromatic carbocycles. The fourth-order valence-electron chi connectivity index (χ4n) is 3.98. The lowest BCUT2D eigenvalue weighted by atomic mass is 9.93. The zero-order chi connectivity index (χ0) is 22.4. The molecule has 1 saturated heterocycles. The Morgan fingerprint density at radius 1 is 1.06 bits per heavy atom. The minimum Gasteiger partial charge on any atom is -0.497 e. The number of rotatable bonds is 8. The van der Waals surface area contributed by atoms with Gasteiger partial charge < -0.3 is 10.1 Å². The Bertz CT molecular complexity index is 951. The molecule has 2 aromatic rings. The average molecular weight is 445 g/mol. The molecule has 0 spiro atoms. The Kier molecular flexibility index (Phi) is 7.73. The maximum atomic E-state index is 13.0. The smallest absolute Gasteiger partial charge is 0.243 e. The van der Waals surface area contributed by atoms with E-state index < -0.39 is 10.0 Å². The molecule has 1 aliphatic rings. The molecule has 1 atom stereocenters. The molecule has 1 aliphatic heterocycles. The summed E-state index contributed by atoms with van der Waals surface area (Å²) in [7, 11) is -2.03. The molecule has 0 unspecified atom stereocenters. The summed E-state index contributed by atoms with van der Waals surface area (Å²) in [6, 6.07) is 16.4. The molecule has 1 heterocycles. The largest absolute Gasteiger partial charge is 0.497 e. The molecule has 1 N–H and O–H groups in total. The molecule has 168 valence electrons. The van der Waals surface area contributed by atoms with Crippen LogP contribution in [-0.4, -0.2) is 38.8 Å². The van der Waals surface area contributed by atoms with Crippen LogP contribution in [0.15, 0.2) is 59.5 Å². The number of amides is 1. The summed E-state index contributed by atoms with van der Waals surface area (Å²) in [5.41, 5.74) is 1.10. The van der Waals surface area contributed by atoms with Gasteiger partial charge in [-0.2, -0.15) is 4.31 Å². The molecule has 0 radical (unpaired) electrons. The van der Waals surface area contributed by atoms with Gasteiger partial charge in [-0.3, -0.25) is 4.79 Å². The first-order chi connectivity index (χ1) is 14.8. The number of carbonyl (C=O) groups excluding carboxylic acids is 1. The van der Waals surface area contributed by atoms with Crippen molar-refractivity contribution in [3.8, 4) is 5.75 Å². The molecule has 0 aromatic heterocycles. The first kappa shape index (κ1) is 23.3. The molecule has 0 aliphatic carbocycles. The number of carbonyl (C=O) groups is 1. The van der Waals surface area contributed by atoms with Crippen LogP contribution in [0.4, 0.5) is 0 Å². The molecule has 7 heteroatoms. The van der Waals surface area contributed by atoms with Crippen molar-refractivity contribution < 1.29 is 17.9 Å². The van der Waals surface area contributed by atoms with E-state index >= 15 is 0 Å². The third kappa shape index (κ3) is 5.86. The summed E-state index contributed by atoms with van der Waals surface area (Å²) in [5, 5.41) is 3.21. The second kappa shape index (κ2) is 10.3. The number of nitrogens with zero attached hydrogens (tertiary/aromatic N) is 1. The van der Waals surface area contributed by atoms with Gasteiger partial charge in [0, 0.05) is 19.0 Å². The van der Waals surface area contributed by atoms with Gasteiger partial charge in [0.25, 0.3) is 0 Å². The molecule has 31 heavy (non-hydrogen) atoms. The van der Waals surface area contributed by atoms with E-state index in [1.54, 1.807) is 31.4 Å². The van der Waals surface area contributed by atoms with E-state index in [1.807, 2.05) is 30.3 Å². The van der Waals surface area contributed by atoms with Crippen molar-refractivity contribution in [1.82, 2.24) is 9.62 Å². The monoisotopic (exact) mass is 444 g/mol. The Morgan fingerprint density at radius 2 is 1.68 bits per heavy atom. The molecule has 0 saturated carbocycles. The van der Waals surface area contributed by atoms with Gasteiger partial charge in [0.05, 0.1) is 18.0 Å². The van der Waals surface area contributed by atoms with Crippen molar-refractivity contribution >= 4 is 15.9 Å². The average Bonchev–Trinajstić information content (AvgIpc) is 2.79. The van der Waals surface area contributed by atoms with Crippen molar-refractivity contribution in [2.75, 3.05) is 20.2 Å². The van der Waals surface area contributed by atoms with Crippen LogP contribution in [-0.2, 0) is 14.8 Å². The fourth-order valence-corrected chi connectivity index (χ4v) is 5.45. The number of methoxy groups -OCH3 is 1. The highest BCUT2D eigenvalue weighted by Gasteiger charge is 2.33. The highest BCUT2D eigenvalue weighted by molar-refractivity contribution is 7.89. The van der Waals surface area contributed by atoms with Crippen LogP contribution in [0.25, 0.3) is 0 Å². The van der Waals surface area contributed by atoms with E-state index in [-0.39, 0.29) is 22.8 Å². The Balaban J connectivity index is 1.62. The third-order valence-corrected chi connectivity index (χ3v) is 7.66. The number of ether oxygens (including phenoxy) is 1. The summed E-state index contributed by atoms with van der Waals surface area (Å²) < 4.78 is 32.4. The third-order valence-electron chi connectivity index (χ3n) is 5.75. The van der Waals surface area contributed by atoms with Gasteiger partial charge >= 0.3 is 0 Å². The van der Waals surface area contributed by atoms with E-state index in [9.17, 15) is 13.2 Å². The van der Waals surface area contributed by atoms with Gasteiger partial charge in [-0.1, -0.05) is 44.2 Å². The van der Waals surface area contributed by atoms with Crippen LogP contribution in [0.5, 0.6) is 5.75 Å². The van der Waals surface area contributed by atoms with Gasteiger partial charge in [0.2, 0.25) is 15.9 Å². The number of benzene rings is 2. The Labute approximate surface area is 185 Å². The standard InChI is InChI=1S/C24H32N2O4S/c1-18(2)17-23(19-7-5-4-6-8-19)25-24(27)20-13-15-26(16-14-20)31(28,29)22-11-9-21(30-3)10-12-22/h4-12,18,20,23H,13-17H2,1-3H3,(H,25,27)/t23-/m1/s1. The lowest BCUT2D eigenvalue weighted by molar-refractivity contribution is -0.127. The van der Waals surface area contributed by atoms with E-state index in [0.717, 1.165) is 12.0 Å². The number of sulfonamides is 1. The first-order valence-corrected chi connectivity index (χ1v) is 12.2. The SMILES string of the molecule is COc1ccc(S(=O)(=O)N2CCC(C(=O)N[C@H](CC(C)C)c3ccccc3)CC2)cc1. The predicted octanol–water partition coefficient (Wildman–Crippen LogP) is 4.00. The lowest BCUT2D eigenvalue weighted by Gasteiger charge is -2.32. The van der Waals surface area contributed by atoms with Crippen LogP contribution in [0.2, 0.25) is 0 Å². The van der Waals surface area contributed by atoms with E-state index in [4.69, 9.17) is 4.74 Å². The lowest BCUT2D eigenvalue weighted by Crippen LogP contribution is -2.43. The minimum atomic E-state index is -3.57. The number of hydrogen-bond donors (Lipinski definition) is 1. The van der Waals surface area contributed by atoms with Crippen molar-refractivity contribution in [2.45, 2.75) is 44.0 Å². The Morgan fingerprint density at radius 3 is 2.23 bits per heavy atom. The van der Waals surface area contributed by atoms with Gasteiger partial charge in [0.1, 0.15) is 5.75 Å². The molecular weight excluding hydrogens is 412 g/mol. The van der Waals surface area contributed by atoms with Gasteiger partial charge in [0.15, 0.2) is 0 Å². The zero-order valence-electron chi connectivity index (χ0n) is 18.5. The molecule has 6 nitrogen and oxygen atoms in total. The minimum absolute atomic E-state index is 0.0102. The highest BCUT2D eigenvalue weighted by Crippen LogP contribution is 2.27. The maximum Gasteiger partial charge on any atom is 0.243 e.